The Morgan fingerprint density at radius 3 is 2.40 bits per heavy atom. The Kier molecular flexibility index (Phi) is 5.31. The van der Waals surface area contributed by atoms with Gasteiger partial charge in [0.1, 0.15) is 0 Å². The van der Waals surface area contributed by atoms with Gasteiger partial charge in [-0.3, -0.25) is 4.21 Å². The highest BCUT2D eigenvalue weighted by molar-refractivity contribution is 7.88. The molecule has 20 heavy (non-hydrogen) atoms. The molecule has 7 heteroatoms. The van der Waals surface area contributed by atoms with Gasteiger partial charge in [0, 0.05) is 34.9 Å². The van der Waals surface area contributed by atoms with Crippen LogP contribution in [-0.2, 0) is 33.1 Å². The monoisotopic (exact) mass is 316 g/mol. The van der Waals surface area contributed by atoms with Crippen molar-refractivity contribution in [1.29, 1.82) is 0 Å². The lowest BCUT2D eigenvalue weighted by Crippen LogP contribution is -2.40. The van der Waals surface area contributed by atoms with Crippen molar-refractivity contribution >= 4 is 20.8 Å². The van der Waals surface area contributed by atoms with E-state index in [0.717, 1.165) is 11.1 Å². The summed E-state index contributed by atoms with van der Waals surface area (Å²) < 4.78 is 38.4. The van der Waals surface area contributed by atoms with E-state index >= 15 is 0 Å². The quantitative estimate of drug-likeness (QED) is 0.826. The molecule has 0 amide bonds. The van der Waals surface area contributed by atoms with Gasteiger partial charge in [0.15, 0.2) is 0 Å². The number of nitrogens with two attached hydrogens (primary N) is 1. The lowest BCUT2D eigenvalue weighted by atomic mass is 10.1. The molecule has 1 heterocycles. The van der Waals surface area contributed by atoms with E-state index in [1.807, 2.05) is 18.2 Å². The zero-order valence-corrected chi connectivity index (χ0v) is 12.9. The zero-order valence-electron chi connectivity index (χ0n) is 11.2. The van der Waals surface area contributed by atoms with Crippen molar-refractivity contribution in [2.24, 2.45) is 5.73 Å². The molecule has 0 aliphatic carbocycles. The van der Waals surface area contributed by atoms with Gasteiger partial charge in [-0.2, -0.15) is 0 Å². The van der Waals surface area contributed by atoms with Crippen LogP contribution in [0.3, 0.4) is 0 Å². The number of nitrogens with one attached hydrogen (secondary N) is 1. The third kappa shape index (κ3) is 4.37. The molecule has 112 valence electrons. The molecular formula is C13H20N2O3S2. The van der Waals surface area contributed by atoms with E-state index in [0.29, 0.717) is 30.9 Å². The second-order valence-electron chi connectivity index (χ2n) is 4.97. The molecule has 0 atom stereocenters. The van der Waals surface area contributed by atoms with Crippen LogP contribution < -0.4 is 10.5 Å². The molecule has 5 nitrogen and oxygen atoms in total. The third-order valence-corrected chi connectivity index (χ3v) is 6.18. The van der Waals surface area contributed by atoms with Crippen molar-refractivity contribution in [2.45, 2.75) is 31.2 Å². The van der Waals surface area contributed by atoms with Gasteiger partial charge in [0.2, 0.25) is 10.0 Å². The molecule has 1 aromatic carbocycles. The lowest BCUT2D eigenvalue weighted by molar-refractivity contribution is 0.521. The Balaban J connectivity index is 2.02. The maximum atomic E-state index is 12.2. The smallest absolute Gasteiger partial charge is 0.216 e. The summed E-state index contributed by atoms with van der Waals surface area (Å²) in [7, 11) is -4.17. The number of hydrogen-bond acceptors (Lipinski definition) is 4. The molecule has 0 bridgehead atoms. The summed E-state index contributed by atoms with van der Waals surface area (Å²) >= 11 is 0. The number of benzene rings is 1. The fraction of sp³-hybridized carbons (Fsp3) is 0.538. The van der Waals surface area contributed by atoms with Crippen LogP contribution in [-0.4, -0.2) is 30.2 Å². The zero-order chi connectivity index (χ0) is 14.6. The Bertz CT molecular complexity index is 577. The minimum absolute atomic E-state index is 0.0556. The van der Waals surface area contributed by atoms with Crippen LogP contribution in [0.4, 0.5) is 0 Å². The highest BCUT2D eigenvalue weighted by Gasteiger charge is 2.23. The van der Waals surface area contributed by atoms with Crippen molar-refractivity contribution in [2.75, 3.05) is 11.5 Å². The summed E-state index contributed by atoms with van der Waals surface area (Å²) in [6.07, 6.45) is 1.29. The van der Waals surface area contributed by atoms with Crippen LogP contribution in [0.5, 0.6) is 0 Å². The van der Waals surface area contributed by atoms with E-state index in [4.69, 9.17) is 5.73 Å². The van der Waals surface area contributed by atoms with Crippen LogP contribution in [0.1, 0.15) is 24.0 Å². The van der Waals surface area contributed by atoms with Crippen molar-refractivity contribution in [3.8, 4) is 0 Å². The molecule has 0 radical (unpaired) electrons. The maximum Gasteiger partial charge on any atom is 0.216 e. The topological polar surface area (TPSA) is 89.3 Å². The van der Waals surface area contributed by atoms with Crippen LogP contribution in [0.15, 0.2) is 24.3 Å². The first-order valence-corrected chi connectivity index (χ1v) is 9.76. The molecular weight excluding hydrogens is 296 g/mol. The second-order valence-corrected chi connectivity index (χ2v) is 8.42. The summed E-state index contributed by atoms with van der Waals surface area (Å²) in [5.41, 5.74) is 7.21. The van der Waals surface area contributed by atoms with E-state index in [-0.39, 0.29) is 11.8 Å². The average Bonchev–Trinajstić information content (AvgIpc) is 2.41. The Morgan fingerprint density at radius 1 is 1.20 bits per heavy atom. The van der Waals surface area contributed by atoms with Gasteiger partial charge in [0.05, 0.1) is 5.75 Å². The summed E-state index contributed by atoms with van der Waals surface area (Å²) in [5, 5.41) is 0. The van der Waals surface area contributed by atoms with Crippen LogP contribution in [0.25, 0.3) is 0 Å². The second kappa shape index (κ2) is 6.80. The summed E-state index contributed by atoms with van der Waals surface area (Å²) in [4.78, 5) is 0. The maximum absolute atomic E-state index is 12.2. The van der Waals surface area contributed by atoms with Gasteiger partial charge in [-0.1, -0.05) is 24.3 Å². The molecule has 0 aromatic heterocycles. The molecule has 1 saturated heterocycles. The minimum atomic E-state index is -3.39. The van der Waals surface area contributed by atoms with Crippen LogP contribution >= 0.6 is 0 Å². The van der Waals surface area contributed by atoms with E-state index in [1.165, 1.54) is 0 Å². The number of rotatable bonds is 5. The predicted octanol–water partition coefficient (Wildman–Crippen LogP) is 0.476. The van der Waals surface area contributed by atoms with Gasteiger partial charge < -0.3 is 5.73 Å². The van der Waals surface area contributed by atoms with Gasteiger partial charge in [-0.15, -0.1) is 0 Å². The molecule has 1 aliphatic heterocycles. The summed E-state index contributed by atoms with van der Waals surface area (Å²) in [6.45, 7) is 0.327. The van der Waals surface area contributed by atoms with Crippen LogP contribution in [0.2, 0.25) is 0 Å². The number of hydrogen-bond donors (Lipinski definition) is 2. The highest BCUT2D eigenvalue weighted by atomic mass is 32.2. The normalized spacial score (nSPS) is 23.6. The van der Waals surface area contributed by atoms with E-state index in [9.17, 15) is 12.6 Å². The highest BCUT2D eigenvalue weighted by Crippen LogP contribution is 2.14. The minimum Gasteiger partial charge on any atom is -0.326 e. The first kappa shape index (κ1) is 15.6. The lowest BCUT2D eigenvalue weighted by Gasteiger charge is -2.22. The Morgan fingerprint density at radius 2 is 1.80 bits per heavy atom. The first-order chi connectivity index (χ1) is 9.50. The molecule has 0 spiro atoms. The van der Waals surface area contributed by atoms with Crippen molar-refractivity contribution in [1.82, 2.24) is 4.72 Å². The van der Waals surface area contributed by atoms with E-state index in [1.54, 1.807) is 6.07 Å². The van der Waals surface area contributed by atoms with Crippen molar-refractivity contribution in [3.05, 3.63) is 35.4 Å². The predicted molar refractivity (Wildman–Crippen MR) is 81.0 cm³/mol. The molecule has 2 rings (SSSR count). The fourth-order valence-corrected chi connectivity index (χ4v) is 5.13. The number of sulfonamides is 1. The molecule has 0 saturated carbocycles. The molecule has 1 aromatic rings. The Hall–Kier alpha value is -0.760. The van der Waals surface area contributed by atoms with Gasteiger partial charge in [-0.25, -0.2) is 13.1 Å². The Labute approximate surface area is 122 Å². The van der Waals surface area contributed by atoms with Gasteiger partial charge in [0.25, 0.3) is 0 Å². The largest absolute Gasteiger partial charge is 0.326 e. The summed E-state index contributed by atoms with van der Waals surface area (Å²) in [5.74, 6) is 1.10. The van der Waals surface area contributed by atoms with Gasteiger partial charge in [-0.05, 0) is 24.0 Å². The molecule has 3 N–H and O–H groups in total. The third-order valence-electron chi connectivity index (χ3n) is 3.42. The fourth-order valence-electron chi connectivity index (χ4n) is 2.31. The standard InChI is InChI=1S/C13H20N2O3S2/c14-9-11-3-1-2-4-12(11)10-20(17,18)15-13-5-7-19(16)8-6-13/h1-4,13,15H,5-10,14H2. The van der Waals surface area contributed by atoms with Gasteiger partial charge >= 0.3 is 0 Å². The summed E-state index contributed by atoms with van der Waals surface area (Å²) in [6, 6.07) is 7.20. The SMILES string of the molecule is NCc1ccccc1CS(=O)(=O)NC1CCS(=O)CC1. The first-order valence-electron chi connectivity index (χ1n) is 6.62. The van der Waals surface area contributed by atoms with Crippen molar-refractivity contribution < 1.29 is 12.6 Å². The van der Waals surface area contributed by atoms with E-state index < -0.39 is 20.8 Å². The van der Waals surface area contributed by atoms with Crippen LogP contribution in [0, 0.1) is 0 Å². The van der Waals surface area contributed by atoms with E-state index in [2.05, 4.69) is 4.72 Å². The average molecular weight is 316 g/mol. The molecule has 1 aliphatic rings. The van der Waals surface area contributed by atoms with Crippen molar-refractivity contribution in [3.63, 3.8) is 0 Å². The molecule has 1 fully saturated rings. The molecule has 0 unspecified atom stereocenters.